The lowest BCUT2D eigenvalue weighted by Crippen LogP contribution is -2.45. The van der Waals surface area contributed by atoms with Gasteiger partial charge in [0.15, 0.2) is 0 Å². The van der Waals surface area contributed by atoms with E-state index in [9.17, 15) is 9.59 Å². The first kappa shape index (κ1) is 19.3. The third kappa shape index (κ3) is 6.07. The van der Waals surface area contributed by atoms with Crippen molar-refractivity contribution in [2.75, 3.05) is 20.2 Å². The Bertz CT molecular complexity index is 706. The summed E-state index contributed by atoms with van der Waals surface area (Å²) in [5, 5.41) is 5.17. The van der Waals surface area contributed by atoms with E-state index in [-0.39, 0.29) is 11.8 Å². The average molecular weight is 381 g/mol. The van der Waals surface area contributed by atoms with Crippen LogP contribution in [0.4, 0.5) is 0 Å². The molecule has 0 bridgehead atoms. The number of halogens is 1. The summed E-state index contributed by atoms with van der Waals surface area (Å²) >= 11 is 7.24. The molecule has 1 heterocycles. The second-order valence-electron chi connectivity index (χ2n) is 5.59. The lowest BCUT2D eigenvalue weighted by Gasteiger charge is -2.22. The molecule has 0 aliphatic carbocycles. The molecule has 5 nitrogen and oxygen atoms in total. The van der Waals surface area contributed by atoms with Gasteiger partial charge in [-0.15, -0.1) is 11.3 Å². The number of benzene rings is 1. The highest BCUT2D eigenvalue weighted by Gasteiger charge is 2.20. The van der Waals surface area contributed by atoms with Gasteiger partial charge in [-0.2, -0.15) is 0 Å². The first-order valence-electron chi connectivity index (χ1n) is 7.95. The van der Waals surface area contributed by atoms with Crippen molar-refractivity contribution < 1.29 is 14.3 Å². The minimum Gasteiger partial charge on any atom is -0.493 e. The van der Waals surface area contributed by atoms with E-state index in [4.69, 9.17) is 16.3 Å². The molecule has 1 aromatic carbocycles. The molecule has 0 aliphatic rings. The summed E-state index contributed by atoms with van der Waals surface area (Å²) in [6.45, 7) is 2.71. The Morgan fingerprint density at radius 1 is 1.32 bits per heavy atom. The molecule has 0 fully saturated rings. The molecule has 0 saturated carbocycles. The Morgan fingerprint density at radius 2 is 2.12 bits per heavy atom. The van der Waals surface area contributed by atoms with Crippen LogP contribution in [0.3, 0.4) is 0 Å². The van der Waals surface area contributed by atoms with Crippen molar-refractivity contribution in [2.24, 2.45) is 0 Å². The molecule has 0 radical (unpaired) electrons. The van der Waals surface area contributed by atoms with Crippen molar-refractivity contribution in [3.63, 3.8) is 0 Å². The molecule has 25 heavy (non-hydrogen) atoms. The van der Waals surface area contributed by atoms with Gasteiger partial charge in [-0.05, 0) is 43.0 Å². The van der Waals surface area contributed by atoms with Crippen LogP contribution in [0.15, 0.2) is 41.8 Å². The zero-order chi connectivity index (χ0) is 18.2. The molecule has 7 heteroatoms. The van der Waals surface area contributed by atoms with E-state index in [1.165, 1.54) is 11.3 Å². The van der Waals surface area contributed by atoms with Crippen molar-refractivity contribution >= 4 is 34.8 Å². The van der Waals surface area contributed by atoms with E-state index in [2.05, 4.69) is 5.32 Å². The van der Waals surface area contributed by atoms with Gasteiger partial charge >= 0.3 is 0 Å². The number of likely N-dealkylation sites (N-methyl/N-ethyl adjacent to an activating group) is 1. The molecule has 0 saturated heterocycles. The zero-order valence-corrected chi connectivity index (χ0v) is 15.8. The predicted molar refractivity (Wildman–Crippen MR) is 100 cm³/mol. The number of rotatable bonds is 8. The summed E-state index contributed by atoms with van der Waals surface area (Å²) in [5.74, 6) is 0.347. The quantitative estimate of drug-likeness (QED) is 0.713. The normalized spacial score (nSPS) is 11.6. The highest BCUT2D eigenvalue weighted by atomic mass is 35.5. The Kier molecular flexibility index (Phi) is 7.28. The molecule has 134 valence electrons. The highest BCUT2D eigenvalue weighted by molar-refractivity contribution is 7.12. The summed E-state index contributed by atoms with van der Waals surface area (Å²) in [6.07, 6.45) is 0.681. The van der Waals surface area contributed by atoms with E-state index >= 15 is 0 Å². The standard InChI is InChI=1S/C18H21ClN2O3S/c1-13(20-17(22)16-8-4-11-25-16)18(23)21(2)9-5-10-24-15-7-3-6-14(19)12-15/h3-4,6-8,11-13H,5,9-10H2,1-2H3,(H,20,22). The van der Waals surface area contributed by atoms with Crippen LogP contribution in [0.2, 0.25) is 5.02 Å². The smallest absolute Gasteiger partial charge is 0.261 e. The lowest BCUT2D eigenvalue weighted by atomic mass is 10.2. The maximum absolute atomic E-state index is 12.3. The number of carbonyl (C=O) groups excluding carboxylic acids is 2. The number of hydrogen-bond donors (Lipinski definition) is 1. The maximum atomic E-state index is 12.3. The largest absolute Gasteiger partial charge is 0.493 e. The Balaban J connectivity index is 1.71. The van der Waals surface area contributed by atoms with Crippen LogP contribution in [-0.4, -0.2) is 43.0 Å². The van der Waals surface area contributed by atoms with E-state index in [0.29, 0.717) is 35.2 Å². The molecule has 2 rings (SSSR count). The van der Waals surface area contributed by atoms with E-state index < -0.39 is 6.04 Å². The van der Waals surface area contributed by atoms with Crippen molar-refractivity contribution in [3.05, 3.63) is 51.7 Å². The number of ether oxygens (including phenoxy) is 1. The van der Waals surface area contributed by atoms with Gasteiger partial charge in [0.25, 0.3) is 5.91 Å². The molecule has 1 unspecified atom stereocenters. The average Bonchev–Trinajstić information content (AvgIpc) is 3.12. The lowest BCUT2D eigenvalue weighted by molar-refractivity contribution is -0.131. The van der Waals surface area contributed by atoms with Gasteiger partial charge in [-0.1, -0.05) is 23.7 Å². The number of hydrogen-bond acceptors (Lipinski definition) is 4. The molecule has 2 aromatic rings. The van der Waals surface area contributed by atoms with E-state index in [1.54, 1.807) is 43.1 Å². The van der Waals surface area contributed by atoms with Crippen LogP contribution in [0.5, 0.6) is 5.75 Å². The third-order valence-electron chi connectivity index (χ3n) is 3.54. The molecule has 0 aliphatic heterocycles. The summed E-state index contributed by atoms with van der Waals surface area (Å²) in [7, 11) is 1.72. The van der Waals surface area contributed by atoms with Gasteiger partial charge < -0.3 is 15.0 Å². The summed E-state index contributed by atoms with van der Waals surface area (Å²) < 4.78 is 5.60. The number of amides is 2. The summed E-state index contributed by atoms with van der Waals surface area (Å²) in [5.41, 5.74) is 0. The summed E-state index contributed by atoms with van der Waals surface area (Å²) in [4.78, 5) is 26.5. The summed E-state index contributed by atoms with van der Waals surface area (Å²) in [6, 6.07) is 10.2. The fourth-order valence-corrected chi connectivity index (χ4v) is 3.03. The Morgan fingerprint density at radius 3 is 2.80 bits per heavy atom. The zero-order valence-electron chi connectivity index (χ0n) is 14.2. The fourth-order valence-electron chi connectivity index (χ4n) is 2.23. The van der Waals surface area contributed by atoms with Crippen LogP contribution in [0.1, 0.15) is 23.0 Å². The topological polar surface area (TPSA) is 58.6 Å². The van der Waals surface area contributed by atoms with Gasteiger partial charge in [-0.3, -0.25) is 9.59 Å². The van der Waals surface area contributed by atoms with Gasteiger partial charge in [0, 0.05) is 18.6 Å². The molecule has 1 atom stereocenters. The van der Waals surface area contributed by atoms with Crippen LogP contribution in [0, 0.1) is 0 Å². The maximum Gasteiger partial charge on any atom is 0.261 e. The minimum atomic E-state index is -0.576. The molecule has 2 amide bonds. The monoisotopic (exact) mass is 380 g/mol. The van der Waals surface area contributed by atoms with Crippen LogP contribution in [-0.2, 0) is 4.79 Å². The Hall–Kier alpha value is -2.05. The van der Waals surface area contributed by atoms with Crippen molar-refractivity contribution in [1.29, 1.82) is 0 Å². The number of thiophene rings is 1. The predicted octanol–water partition coefficient (Wildman–Crippen LogP) is 3.45. The first-order chi connectivity index (χ1) is 12.0. The second-order valence-corrected chi connectivity index (χ2v) is 6.98. The SMILES string of the molecule is CC(NC(=O)c1cccs1)C(=O)N(C)CCCOc1cccc(Cl)c1. The molecule has 0 spiro atoms. The van der Waals surface area contributed by atoms with Gasteiger partial charge in [0.05, 0.1) is 11.5 Å². The fraction of sp³-hybridized carbons (Fsp3) is 0.333. The number of nitrogens with one attached hydrogen (secondary N) is 1. The third-order valence-corrected chi connectivity index (χ3v) is 4.65. The first-order valence-corrected chi connectivity index (χ1v) is 9.21. The van der Waals surface area contributed by atoms with Gasteiger partial charge in [-0.25, -0.2) is 0 Å². The Labute approximate surface area is 156 Å². The molecular weight excluding hydrogens is 360 g/mol. The van der Waals surface area contributed by atoms with Gasteiger partial charge in [0.1, 0.15) is 11.8 Å². The minimum absolute atomic E-state index is 0.132. The number of carbonyl (C=O) groups is 2. The van der Waals surface area contributed by atoms with Crippen molar-refractivity contribution in [3.8, 4) is 5.75 Å². The van der Waals surface area contributed by atoms with Gasteiger partial charge in [0.2, 0.25) is 5.91 Å². The molecule has 1 aromatic heterocycles. The second kappa shape index (κ2) is 9.44. The number of nitrogens with zero attached hydrogens (tertiary/aromatic N) is 1. The molecular formula is C18H21ClN2O3S. The van der Waals surface area contributed by atoms with Crippen molar-refractivity contribution in [2.45, 2.75) is 19.4 Å². The van der Waals surface area contributed by atoms with Crippen LogP contribution in [0.25, 0.3) is 0 Å². The van der Waals surface area contributed by atoms with Crippen molar-refractivity contribution in [1.82, 2.24) is 10.2 Å². The van der Waals surface area contributed by atoms with Crippen LogP contribution < -0.4 is 10.1 Å². The highest BCUT2D eigenvalue weighted by Crippen LogP contribution is 2.17. The van der Waals surface area contributed by atoms with E-state index in [1.807, 2.05) is 17.5 Å². The van der Waals surface area contributed by atoms with E-state index in [0.717, 1.165) is 0 Å². The molecule has 1 N–H and O–H groups in total. The van der Waals surface area contributed by atoms with Crippen LogP contribution >= 0.6 is 22.9 Å².